The van der Waals surface area contributed by atoms with Crippen LogP contribution >= 0.6 is 22.9 Å². The summed E-state index contributed by atoms with van der Waals surface area (Å²) in [7, 11) is 2.80. The van der Waals surface area contributed by atoms with Crippen molar-refractivity contribution in [3.05, 3.63) is 84.8 Å². The molecule has 0 unspecified atom stereocenters. The fraction of sp³-hybridized carbons (Fsp3) is 0.125. The van der Waals surface area contributed by atoms with E-state index < -0.39 is 11.2 Å². The number of aromatic nitrogens is 3. The maximum atomic E-state index is 13.6. The number of carbonyl (C=O) groups excluding carboxylic acids is 2. The highest BCUT2D eigenvalue weighted by molar-refractivity contribution is 7.17. The van der Waals surface area contributed by atoms with Gasteiger partial charge in [0.2, 0.25) is 11.7 Å². The van der Waals surface area contributed by atoms with Crippen molar-refractivity contribution < 1.29 is 9.59 Å². The number of carbonyl (C=O) groups is 2. The van der Waals surface area contributed by atoms with E-state index >= 15 is 0 Å². The molecular formula is C24H20ClN5O4S. The molecule has 3 N–H and O–H groups in total. The van der Waals surface area contributed by atoms with Crippen LogP contribution in [0.1, 0.15) is 22.2 Å². The lowest BCUT2D eigenvalue weighted by atomic mass is 10.0. The Bertz CT molecular complexity index is 1600. The van der Waals surface area contributed by atoms with Crippen molar-refractivity contribution in [2.45, 2.75) is 6.92 Å². The van der Waals surface area contributed by atoms with Crippen molar-refractivity contribution in [2.24, 2.45) is 14.1 Å². The van der Waals surface area contributed by atoms with Gasteiger partial charge in [0, 0.05) is 37.8 Å². The summed E-state index contributed by atoms with van der Waals surface area (Å²) in [6, 6.07) is 13.3. The summed E-state index contributed by atoms with van der Waals surface area (Å²) in [6.07, 6.45) is 0. The highest BCUT2D eigenvalue weighted by Gasteiger charge is 2.26. The van der Waals surface area contributed by atoms with E-state index in [1.165, 1.54) is 21.0 Å². The standard InChI is InChI=1S/C24H20ClN5O4S/c1-12(31)27-14-10-8-13(9-11-14)19(32)20-18(15-6-4-5-7-16(15)25)28-22(35-20)17-21(26)29(2)24(34)30(3)23(17)33/h4-11H,26H2,1-3H3,(H,27,31). The Kier molecular flexibility index (Phi) is 6.42. The average molecular weight is 510 g/mol. The van der Waals surface area contributed by atoms with Crippen LogP contribution in [0.2, 0.25) is 5.02 Å². The number of nitrogens with one attached hydrogen (secondary N) is 1. The first-order valence-corrected chi connectivity index (χ1v) is 11.5. The molecule has 0 spiro atoms. The van der Waals surface area contributed by atoms with E-state index in [1.54, 1.807) is 48.5 Å². The average Bonchev–Trinajstić information content (AvgIpc) is 3.26. The van der Waals surface area contributed by atoms with Crippen molar-refractivity contribution in [2.75, 3.05) is 11.1 Å². The van der Waals surface area contributed by atoms with Crippen molar-refractivity contribution in [3.63, 3.8) is 0 Å². The minimum atomic E-state index is -0.622. The molecular weight excluding hydrogens is 490 g/mol. The molecule has 2 aromatic heterocycles. The van der Waals surface area contributed by atoms with Crippen molar-refractivity contribution in [3.8, 4) is 21.8 Å². The molecule has 2 aromatic carbocycles. The van der Waals surface area contributed by atoms with E-state index in [0.29, 0.717) is 27.5 Å². The van der Waals surface area contributed by atoms with E-state index in [9.17, 15) is 19.2 Å². The topological polar surface area (TPSA) is 129 Å². The second-order valence-corrected chi connectivity index (χ2v) is 9.14. The zero-order chi connectivity index (χ0) is 25.4. The first kappa shape index (κ1) is 24.1. The molecule has 2 heterocycles. The molecule has 35 heavy (non-hydrogen) atoms. The van der Waals surface area contributed by atoms with E-state index in [1.807, 2.05) is 0 Å². The lowest BCUT2D eigenvalue weighted by molar-refractivity contribution is -0.114. The van der Waals surface area contributed by atoms with Crippen LogP contribution in [0.25, 0.3) is 21.8 Å². The molecule has 1 amide bonds. The van der Waals surface area contributed by atoms with Gasteiger partial charge in [-0.25, -0.2) is 9.78 Å². The van der Waals surface area contributed by atoms with Crippen LogP contribution in [-0.4, -0.2) is 25.8 Å². The largest absolute Gasteiger partial charge is 0.384 e. The molecule has 0 aliphatic rings. The second kappa shape index (κ2) is 9.32. The van der Waals surface area contributed by atoms with Crippen LogP contribution in [0.15, 0.2) is 58.1 Å². The molecule has 0 saturated heterocycles. The summed E-state index contributed by atoms with van der Waals surface area (Å²) in [5.41, 5.74) is 6.65. The van der Waals surface area contributed by atoms with Crippen LogP contribution < -0.4 is 22.3 Å². The van der Waals surface area contributed by atoms with Gasteiger partial charge in [0.15, 0.2) is 0 Å². The van der Waals surface area contributed by atoms with Crippen LogP contribution in [0.5, 0.6) is 0 Å². The number of rotatable bonds is 5. The number of nitrogen functional groups attached to an aromatic ring is 1. The van der Waals surface area contributed by atoms with E-state index in [0.717, 1.165) is 20.5 Å². The summed E-state index contributed by atoms with van der Waals surface area (Å²) in [6.45, 7) is 1.39. The third-order valence-electron chi connectivity index (χ3n) is 5.35. The van der Waals surface area contributed by atoms with Crippen LogP contribution in [0.3, 0.4) is 0 Å². The van der Waals surface area contributed by atoms with Crippen LogP contribution in [-0.2, 0) is 18.9 Å². The molecule has 11 heteroatoms. The molecule has 4 aromatic rings. The minimum Gasteiger partial charge on any atom is -0.384 e. The Morgan fingerprint density at radius 2 is 1.69 bits per heavy atom. The normalized spacial score (nSPS) is 10.9. The third-order valence-corrected chi connectivity index (χ3v) is 6.75. The first-order chi connectivity index (χ1) is 16.6. The van der Waals surface area contributed by atoms with Gasteiger partial charge in [-0.05, 0) is 30.3 Å². The monoisotopic (exact) mass is 509 g/mol. The number of halogens is 1. The Morgan fingerprint density at radius 1 is 1.03 bits per heavy atom. The number of benzene rings is 2. The summed E-state index contributed by atoms with van der Waals surface area (Å²) in [4.78, 5) is 54.9. The summed E-state index contributed by atoms with van der Waals surface area (Å²) < 4.78 is 2.08. The van der Waals surface area contributed by atoms with Crippen LogP contribution in [0.4, 0.5) is 11.5 Å². The quantitative estimate of drug-likeness (QED) is 0.397. The van der Waals surface area contributed by atoms with E-state index in [2.05, 4.69) is 10.3 Å². The molecule has 0 aliphatic carbocycles. The van der Waals surface area contributed by atoms with Gasteiger partial charge in [-0.15, -0.1) is 11.3 Å². The fourth-order valence-corrected chi connectivity index (χ4v) is 4.83. The Labute approximate surface area is 208 Å². The molecule has 9 nitrogen and oxygen atoms in total. The van der Waals surface area contributed by atoms with Crippen molar-refractivity contribution in [1.82, 2.24) is 14.1 Å². The Balaban J connectivity index is 1.92. The van der Waals surface area contributed by atoms with Gasteiger partial charge < -0.3 is 11.1 Å². The molecule has 0 saturated carbocycles. The van der Waals surface area contributed by atoms with Crippen LogP contribution in [0, 0.1) is 0 Å². The number of amides is 1. The number of hydrogen-bond acceptors (Lipinski definition) is 7. The Hall–Kier alpha value is -4.02. The molecule has 0 atom stereocenters. The minimum absolute atomic E-state index is 0.0213. The highest BCUT2D eigenvalue weighted by Crippen LogP contribution is 2.38. The number of nitrogens with zero attached hydrogens (tertiary/aromatic N) is 3. The van der Waals surface area contributed by atoms with Gasteiger partial charge in [0.1, 0.15) is 21.3 Å². The summed E-state index contributed by atoms with van der Waals surface area (Å²) in [5.74, 6) is -0.636. The van der Waals surface area contributed by atoms with Crippen molar-refractivity contribution in [1.29, 1.82) is 0 Å². The number of ketones is 1. The smallest absolute Gasteiger partial charge is 0.332 e. The number of anilines is 2. The zero-order valence-corrected chi connectivity index (χ0v) is 20.5. The maximum absolute atomic E-state index is 13.6. The molecule has 178 valence electrons. The lowest BCUT2D eigenvalue weighted by Crippen LogP contribution is -2.39. The van der Waals surface area contributed by atoms with Gasteiger partial charge in [0.05, 0.1) is 10.7 Å². The second-order valence-electron chi connectivity index (χ2n) is 7.73. The van der Waals surface area contributed by atoms with Gasteiger partial charge >= 0.3 is 5.69 Å². The fourth-order valence-electron chi connectivity index (χ4n) is 3.52. The van der Waals surface area contributed by atoms with E-state index in [-0.39, 0.29) is 33.0 Å². The zero-order valence-electron chi connectivity index (χ0n) is 19.0. The molecule has 0 aliphatic heterocycles. The number of thiazole rings is 1. The summed E-state index contributed by atoms with van der Waals surface area (Å²) in [5, 5.41) is 3.21. The third kappa shape index (κ3) is 4.41. The molecule has 0 fully saturated rings. The summed E-state index contributed by atoms with van der Waals surface area (Å²) >= 11 is 7.40. The molecule has 0 bridgehead atoms. The maximum Gasteiger partial charge on any atom is 0.332 e. The van der Waals surface area contributed by atoms with Crippen molar-refractivity contribution >= 4 is 46.1 Å². The van der Waals surface area contributed by atoms with Gasteiger partial charge in [-0.3, -0.25) is 23.5 Å². The Morgan fingerprint density at radius 3 is 2.31 bits per heavy atom. The predicted octanol–water partition coefficient (Wildman–Crippen LogP) is 3.30. The van der Waals surface area contributed by atoms with Gasteiger partial charge in [-0.1, -0.05) is 29.8 Å². The van der Waals surface area contributed by atoms with E-state index in [4.69, 9.17) is 17.3 Å². The highest BCUT2D eigenvalue weighted by atomic mass is 35.5. The molecule has 0 radical (unpaired) electrons. The van der Waals surface area contributed by atoms with Gasteiger partial charge in [0.25, 0.3) is 5.56 Å². The number of hydrogen-bond donors (Lipinski definition) is 2. The SMILES string of the molecule is CC(=O)Nc1ccc(C(=O)c2sc(-c3c(N)n(C)c(=O)n(C)c3=O)nc2-c2ccccc2Cl)cc1. The first-order valence-electron chi connectivity index (χ1n) is 10.3. The molecule has 4 rings (SSSR count). The predicted molar refractivity (Wildman–Crippen MR) is 137 cm³/mol. The lowest BCUT2D eigenvalue weighted by Gasteiger charge is -2.09. The number of nitrogens with two attached hydrogens (primary N) is 1. The van der Waals surface area contributed by atoms with Gasteiger partial charge in [-0.2, -0.15) is 0 Å².